The summed E-state index contributed by atoms with van der Waals surface area (Å²) in [6, 6.07) is 0.275. The standard InChI is InChI=1S/C15H25N3O2/c1-3-20-9-7-15(19)18-8-5-4-6-14(18)12-17-11-13(2)10-16-17/h10-11,14H,3-9,12H2,1-2H3/t14-/m1/s1. The third-order valence-corrected chi connectivity index (χ3v) is 3.77. The number of aromatic nitrogens is 2. The Morgan fingerprint density at radius 2 is 2.35 bits per heavy atom. The first-order valence-electron chi connectivity index (χ1n) is 7.57. The summed E-state index contributed by atoms with van der Waals surface area (Å²) in [5.41, 5.74) is 1.16. The fourth-order valence-electron chi connectivity index (χ4n) is 2.75. The van der Waals surface area contributed by atoms with Crippen molar-refractivity contribution in [3.05, 3.63) is 18.0 Å². The van der Waals surface area contributed by atoms with Crippen molar-refractivity contribution in [2.45, 2.75) is 52.1 Å². The average molecular weight is 279 g/mol. The molecule has 2 rings (SSSR count). The van der Waals surface area contributed by atoms with E-state index >= 15 is 0 Å². The van der Waals surface area contributed by atoms with Gasteiger partial charge in [-0.15, -0.1) is 0 Å². The van der Waals surface area contributed by atoms with Gasteiger partial charge in [-0.25, -0.2) is 0 Å². The number of piperidine rings is 1. The van der Waals surface area contributed by atoms with E-state index in [1.807, 2.05) is 35.8 Å². The molecule has 20 heavy (non-hydrogen) atoms. The minimum atomic E-state index is 0.215. The molecule has 1 aromatic rings. The normalized spacial score (nSPS) is 19.3. The van der Waals surface area contributed by atoms with Gasteiger partial charge in [0.2, 0.25) is 5.91 Å². The quantitative estimate of drug-likeness (QED) is 0.748. The van der Waals surface area contributed by atoms with E-state index in [9.17, 15) is 4.79 Å². The van der Waals surface area contributed by atoms with E-state index in [1.165, 1.54) is 6.42 Å². The van der Waals surface area contributed by atoms with Gasteiger partial charge in [0.05, 0.1) is 31.8 Å². The first-order chi connectivity index (χ1) is 9.70. The molecule has 1 aromatic heterocycles. The average Bonchev–Trinajstić information content (AvgIpc) is 2.85. The predicted molar refractivity (Wildman–Crippen MR) is 77.4 cm³/mol. The lowest BCUT2D eigenvalue weighted by atomic mass is 10.0. The zero-order valence-corrected chi connectivity index (χ0v) is 12.5. The highest BCUT2D eigenvalue weighted by Gasteiger charge is 2.26. The van der Waals surface area contributed by atoms with Gasteiger partial charge in [-0.2, -0.15) is 5.10 Å². The third-order valence-electron chi connectivity index (χ3n) is 3.77. The SMILES string of the molecule is CCOCCC(=O)N1CCCC[C@@H]1Cn1cc(C)cn1. The number of aryl methyl sites for hydroxylation is 1. The van der Waals surface area contributed by atoms with Gasteiger partial charge in [0.15, 0.2) is 0 Å². The largest absolute Gasteiger partial charge is 0.381 e. The zero-order valence-electron chi connectivity index (χ0n) is 12.5. The third kappa shape index (κ3) is 4.07. The summed E-state index contributed by atoms with van der Waals surface area (Å²) >= 11 is 0. The van der Waals surface area contributed by atoms with Crippen LogP contribution in [-0.2, 0) is 16.1 Å². The van der Waals surface area contributed by atoms with Gasteiger partial charge in [-0.05, 0) is 38.7 Å². The Bertz CT molecular complexity index is 431. The fourth-order valence-corrected chi connectivity index (χ4v) is 2.75. The summed E-state index contributed by atoms with van der Waals surface area (Å²) < 4.78 is 7.24. The Labute approximate surface area is 120 Å². The second-order valence-electron chi connectivity index (χ2n) is 5.42. The van der Waals surface area contributed by atoms with Crippen LogP contribution in [0.15, 0.2) is 12.4 Å². The molecule has 5 heteroatoms. The lowest BCUT2D eigenvalue weighted by Crippen LogP contribution is -2.46. The van der Waals surface area contributed by atoms with E-state index in [-0.39, 0.29) is 11.9 Å². The van der Waals surface area contributed by atoms with Crippen LogP contribution in [0.1, 0.15) is 38.2 Å². The number of rotatable bonds is 6. The Hall–Kier alpha value is -1.36. The first kappa shape index (κ1) is 15.0. The number of ether oxygens (including phenoxy) is 1. The minimum absolute atomic E-state index is 0.215. The molecule has 0 radical (unpaired) electrons. The van der Waals surface area contributed by atoms with Crippen molar-refractivity contribution in [1.29, 1.82) is 0 Å². The highest BCUT2D eigenvalue weighted by Crippen LogP contribution is 2.19. The molecule has 1 atom stereocenters. The van der Waals surface area contributed by atoms with E-state index in [2.05, 4.69) is 5.10 Å². The molecule has 0 aromatic carbocycles. The van der Waals surface area contributed by atoms with E-state index in [4.69, 9.17) is 4.74 Å². The van der Waals surface area contributed by atoms with Crippen LogP contribution in [0.2, 0.25) is 0 Å². The number of hydrogen-bond acceptors (Lipinski definition) is 3. The molecular weight excluding hydrogens is 254 g/mol. The van der Waals surface area contributed by atoms with Gasteiger partial charge in [0, 0.05) is 19.3 Å². The summed E-state index contributed by atoms with van der Waals surface area (Å²) in [7, 11) is 0. The molecule has 1 fully saturated rings. The molecule has 0 aliphatic carbocycles. The van der Waals surface area contributed by atoms with Crippen molar-refractivity contribution in [2.24, 2.45) is 0 Å². The molecule has 0 saturated carbocycles. The van der Waals surface area contributed by atoms with Gasteiger partial charge in [-0.1, -0.05) is 0 Å². The Morgan fingerprint density at radius 1 is 1.50 bits per heavy atom. The van der Waals surface area contributed by atoms with Gasteiger partial charge in [-0.3, -0.25) is 9.48 Å². The van der Waals surface area contributed by atoms with E-state index in [1.54, 1.807) is 0 Å². The molecule has 0 spiro atoms. The first-order valence-corrected chi connectivity index (χ1v) is 7.57. The lowest BCUT2D eigenvalue weighted by Gasteiger charge is -2.35. The van der Waals surface area contributed by atoms with Crippen LogP contribution in [0.5, 0.6) is 0 Å². The predicted octanol–water partition coefficient (Wildman–Crippen LogP) is 2.00. The lowest BCUT2D eigenvalue weighted by molar-refractivity contribution is -0.136. The molecule has 1 saturated heterocycles. The number of amides is 1. The topological polar surface area (TPSA) is 47.4 Å². The van der Waals surface area contributed by atoms with Crippen LogP contribution in [0.25, 0.3) is 0 Å². The molecule has 0 N–H and O–H groups in total. The van der Waals surface area contributed by atoms with Gasteiger partial charge < -0.3 is 9.64 Å². The summed E-state index contributed by atoms with van der Waals surface area (Å²) in [6.07, 6.45) is 7.76. The van der Waals surface area contributed by atoms with Crippen LogP contribution in [-0.4, -0.2) is 46.4 Å². The van der Waals surface area contributed by atoms with Crippen molar-refractivity contribution in [3.63, 3.8) is 0 Å². The second kappa shape index (κ2) is 7.43. The number of nitrogens with zero attached hydrogens (tertiary/aromatic N) is 3. The van der Waals surface area contributed by atoms with Crippen LogP contribution < -0.4 is 0 Å². The van der Waals surface area contributed by atoms with E-state index in [0.29, 0.717) is 19.6 Å². The Morgan fingerprint density at radius 3 is 3.05 bits per heavy atom. The highest BCUT2D eigenvalue weighted by atomic mass is 16.5. The second-order valence-corrected chi connectivity index (χ2v) is 5.42. The van der Waals surface area contributed by atoms with Gasteiger partial charge >= 0.3 is 0 Å². The van der Waals surface area contributed by atoms with Crippen LogP contribution >= 0.6 is 0 Å². The van der Waals surface area contributed by atoms with Gasteiger partial charge in [0.1, 0.15) is 0 Å². The summed E-state index contributed by atoms with van der Waals surface area (Å²) in [4.78, 5) is 14.3. The maximum absolute atomic E-state index is 12.3. The zero-order chi connectivity index (χ0) is 14.4. The van der Waals surface area contributed by atoms with Crippen molar-refractivity contribution in [1.82, 2.24) is 14.7 Å². The van der Waals surface area contributed by atoms with Crippen molar-refractivity contribution < 1.29 is 9.53 Å². The maximum atomic E-state index is 12.3. The molecule has 1 aliphatic rings. The monoisotopic (exact) mass is 279 g/mol. The summed E-state index contributed by atoms with van der Waals surface area (Å²) in [5.74, 6) is 0.215. The van der Waals surface area contributed by atoms with Crippen LogP contribution in [0.4, 0.5) is 0 Å². The number of carbonyl (C=O) groups is 1. The fraction of sp³-hybridized carbons (Fsp3) is 0.733. The van der Waals surface area contributed by atoms with Crippen molar-refractivity contribution in [3.8, 4) is 0 Å². The molecule has 112 valence electrons. The smallest absolute Gasteiger partial charge is 0.225 e. The molecule has 1 aliphatic heterocycles. The number of carbonyl (C=O) groups excluding carboxylic acids is 1. The molecule has 1 amide bonds. The molecule has 0 bridgehead atoms. The van der Waals surface area contributed by atoms with Crippen molar-refractivity contribution in [2.75, 3.05) is 19.8 Å². The summed E-state index contributed by atoms with van der Waals surface area (Å²) in [6.45, 7) is 6.86. The van der Waals surface area contributed by atoms with E-state index in [0.717, 1.165) is 31.5 Å². The van der Waals surface area contributed by atoms with E-state index < -0.39 is 0 Å². The molecule has 2 heterocycles. The van der Waals surface area contributed by atoms with Gasteiger partial charge in [0.25, 0.3) is 0 Å². The Balaban J connectivity index is 1.92. The maximum Gasteiger partial charge on any atom is 0.225 e. The number of hydrogen-bond donors (Lipinski definition) is 0. The molecule has 0 unspecified atom stereocenters. The molecule has 5 nitrogen and oxygen atoms in total. The van der Waals surface area contributed by atoms with Crippen molar-refractivity contribution >= 4 is 5.91 Å². The van der Waals surface area contributed by atoms with Crippen LogP contribution in [0.3, 0.4) is 0 Å². The highest BCUT2D eigenvalue weighted by molar-refractivity contribution is 5.76. The number of likely N-dealkylation sites (tertiary alicyclic amines) is 1. The summed E-state index contributed by atoms with van der Waals surface area (Å²) in [5, 5.41) is 4.33. The molecular formula is C15H25N3O2. The Kier molecular flexibility index (Phi) is 5.59. The minimum Gasteiger partial charge on any atom is -0.381 e. The van der Waals surface area contributed by atoms with Crippen LogP contribution in [0, 0.1) is 6.92 Å².